The monoisotopic (exact) mass is 316 g/mol. The number of aryl methyl sites for hydroxylation is 1. The molecule has 0 saturated carbocycles. The van der Waals surface area contributed by atoms with Crippen molar-refractivity contribution in [2.45, 2.75) is 19.8 Å². The van der Waals surface area contributed by atoms with Crippen molar-refractivity contribution < 1.29 is 4.79 Å². The third kappa shape index (κ3) is 3.36. The van der Waals surface area contributed by atoms with E-state index in [9.17, 15) is 4.79 Å². The summed E-state index contributed by atoms with van der Waals surface area (Å²) in [7, 11) is 0. The summed E-state index contributed by atoms with van der Waals surface area (Å²) in [6, 6.07) is 8.69. The fourth-order valence-corrected chi connectivity index (χ4v) is 2.58. The molecule has 1 amide bonds. The number of benzene rings is 1. The van der Waals surface area contributed by atoms with Crippen LogP contribution in [0.15, 0.2) is 30.3 Å². The second-order valence-electron chi connectivity index (χ2n) is 5.35. The molecule has 0 unspecified atom stereocenters. The summed E-state index contributed by atoms with van der Waals surface area (Å²) in [5, 5.41) is 3.46. The Morgan fingerprint density at radius 3 is 2.55 bits per heavy atom. The highest BCUT2D eigenvalue weighted by atomic mass is 35.5. The lowest BCUT2D eigenvalue weighted by Gasteiger charge is -2.16. The van der Waals surface area contributed by atoms with Crippen molar-refractivity contribution in [1.82, 2.24) is 9.97 Å². The van der Waals surface area contributed by atoms with E-state index >= 15 is 0 Å². The molecule has 1 aromatic carbocycles. The molecular weight excluding hydrogens is 300 g/mol. The van der Waals surface area contributed by atoms with Gasteiger partial charge in [0.15, 0.2) is 0 Å². The third-order valence-corrected chi connectivity index (χ3v) is 3.82. The fourth-order valence-electron chi connectivity index (χ4n) is 2.46. The van der Waals surface area contributed by atoms with Gasteiger partial charge in [-0.25, -0.2) is 9.97 Å². The summed E-state index contributed by atoms with van der Waals surface area (Å²) in [6.45, 7) is 3.77. The minimum Gasteiger partial charge on any atom is -0.341 e. The van der Waals surface area contributed by atoms with Crippen molar-refractivity contribution >= 4 is 29.1 Å². The smallest absolute Gasteiger partial charge is 0.274 e. The normalized spacial score (nSPS) is 14.2. The molecule has 2 aromatic rings. The van der Waals surface area contributed by atoms with Gasteiger partial charge in [0.2, 0.25) is 5.95 Å². The Morgan fingerprint density at radius 2 is 1.86 bits per heavy atom. The van der Waals surface area contributed by atoms with E-state index in [2.05, 4.69) is 20.2 Å². The van der Waals surface area contributed by atoms with E-state index in [4.69, 9.17) is 11.6 Å². The van der Waals surface area contributed by atoms with Crippen LogP contribution in [0.3, 0.4) is 0 Å². The predicted molar refractivity (Wildman–Crippen MR) is 87.6 cm³/mol. The first-order valence-corrected chi connectivity index (χ1v) is 7.67. The van der Waals surface area contributed by atoms with Crippen LogP contribution in [0.2, 0.25) is 5.02 Å². The number of halogens is 1. The Balaban J connectivity index is 1.80. The van der Waals surface area contributed by atoms with Crippen molar-refractivity contribution in [2.75, 3.05) is 23.3 Å². The third-order valence-electron chi connectivity index (χ3n) is 3.57. The Kier molecular flexibility index (Phi) is 4.24. The zero-order chi connectivity index (χ0) is 15.5. The highest BCUT2D eigenvalue weighted by Crippen LogP contribution is 2.18. The molecule has 22 heavy (non-hydrogen) atoms. The first-order valence-electron chi connectivity index (χ1n) is 7.29. The maximum atomic E-state index is 12.4. The summed E-state index contributed by atoms with van der Waals surface area (Å²) in [4.78, 5) is 23.3. The molecule has 3 rings (SSSR count). The van der Waals surface area contributed by atoms with Crippen LogP contribution in [0.25, 0.3) is 0 Å². The minimum atomic E-state index is -0.242. The van der Waals surface area contributed by atoms with Crippen LogP contribution < -0.4 is 10.2 Å². The zero-order valence-electron chi connectivity index (χ0n) is 12.3. The standard InChI is InChI=1S/C16H17ClN4O/c1-11-10-14(20-16(18-11)21-8-2-3-9-21)15(22)19-13-6-4-12(17)5-7-13/h4-7,10H,2-3,8-9H2,1H3,(H,19,22). The Labute approximate surface area is 134 Å². The van der Waals surface area contributed by atoms with Crippen LogP contribution in [0, 0.1) is 6.92 Å². The Bertz CT molecular complexity index is 681. The molecule has 1 aromatic heterocycles. The van der Waals surface area contributed by atoms with Crippen LogP contribution in [-0.4, -0.2) is 29.0 Å². The van der Waals surface area contributed by atoms with Crippen LogP contribution in [0.5, 0.6) is 0 Å². The number of rotatable bonds is 3. The van der Waals surface area contributed by atoms with Crippen molar-refractivity contribution in [2.24, 2.45) is 0 Å². The van der Waals surface area contributed by atoms with Gasteiger partial charge < -0.3 is 10.2 Å². The van der Waals surface area contributed by atoms with Gasteiger partial charge in [-0.3, -0.25) is 4.79 Å². The molecule has 1 N–H and O–H groups in total. The molecule has 1 saturated heterocycles. The molecule has 0 aliphatic carbocycles. The Hall–Kier alpha value is -2.14. The lowest BCUT2D eigenvalue weighted by Crippen LogP contribution is -2.23. The molecule has 114 valence electrons. The van der Waals surface area contributed by atoms with Gasteiger partial charge in [0.25, 0.3) is 5.91 Å². The lowest BCUT2D eigenvalue weighted by atomic mass is 10.3. The number of nitrogens with zero attached hydrogens (tertiary/aromatic N) is 3. The van der Waals surface area contributed by atoms with Gasteiger partial charge in [-0.1, -0.05) is 11.6 Å². The number of anilines is 2. The number of hydrogen-bond acceptors (Lipinski definition) is 4. The van der Waals surface area contributed by atoms with Crippen molar-refractivity contribution in [1.29, 1.82) is 0 Å². The lowest BCUT2D eigenvalue weighted by molar-refractivity contribution is 0.102. The molecule has 1 aliphatic rings. The largest absolute Gasteiger partial charge is 0.341 e. The quantitative estimate of drug-likeness (QED) is 0.944. The average molecular weight is 317 g/mol. The van der Waals surface area contributed by atoms with E-state index in [0.29, 0.717) is 22.4 Å². The van der Waals surface area contributed by atoms with Gasteiger partial charge in [-0.15, -0.1) is 0 Å². The molecule has 0 radical (unpaired) electrons. The maximum Gasteiger partial charge on any atom is 0.274 e. The molecule has 0 spiro atoms. The maximum absolute atomic E-state index is 12.4. The fraction of sp³-hybridized carbons (Fsp3) is 0.312. The van der Waals surface area contributed by atoms with E-state index in [-0.39, 0.29) is 5.91 Å². The second kappa shape index (κ2) is 6.32. The van der Waals surface area contributed by atoms with Crippen LogP contribution in [0.4, 0.5) is 11.6 Å². The molecular formula is C16H17ClN4O. The van der Waals surface area contributed by atoms with Crippen molar-refractivity contribution in [3.63, 3.8) is 0 Å². The molecule has 2 heterocycles. The van der Waals surface area contributed by atoms with Crippen molar-refractivity contribution in [3.05, 3.63) is 46.7 Å². The SMILES string of the molecule is Cc1cc(C(=O)Nc2ccc(Cl)cc2)nc(N2CCCC2)n1. The van der Waals surface area contributed by atoms with E-state index in [0.717, 1.165) is 31.6 Å². The van der Waals surface area contributed by atoms with E-state index < -0.39 is 0 Å². The molecule has 1 fully saturated rings. The molecule has 5 nitrogen and oxygen atoms in total. The molecule has 1 aliphatic heterocycles. The van der Waals surface area contributed by atoms with Crippen molar-refractivity contribution in [3.8, 4) is 0 Å². The summed E-state index contributed by atoms with van der Waals surface area (Å²) in [5.74, 6) is 0.395. The summed E-state index contributed by atoms with van der Waals surface area (Å²) < 4.78 is 0. The van der Waals surface area contributed by atoms with Gasteiger partial charge in [0.05, 0.1) is 0 Å². The van der Waals surface area contributed by atoms with E-state index in [1.165, 1.54) is 0 Å². The van der Waals surface area contributed by atoms with Gasteiger partial charge in [-0.2, -0.15) is 0 Å². The molecule has 6 heteroatoms. The number of hydrogen-bond donors (Lipinski definition) is 1. The average Bonchev–Trinajstić information content (AvgIpc) is 3.03. The predicted octanol–water partition coefficient (Wildman–Crippen LogP) is 3.29. The summed E-state index contributed by atoms with van der Waals surface area (Å²) in [5.41, 5.74) is 1.86. The minimum absolute atomic E-state index is 0.242. The number of nitrogens with one attached hydrogen (secondary N) is 1. The van der Waals surface area contributed by atoms with Gasteiger partial charge in [-0.05, 0) is 50.1 Å². The summed E-state index contributed by atoms with van der Waals surface area (Å²) >= 11 is 5.84. The van der Waals surface area contributed by atoms with Gasteiger partial charge in [0.1, 0.15) is 5.69 Å². The van der Waals surface area contributed by atoms with Gasteiger partial charge in [0, 0.05) is 29.5 Å². The number of carbonyl (C=O) groups is 1. The number of carbonyl (C=O) groups excluding carboxylic acids is 1. The van der Waals surface area contributed by atoms with E-state index in [1.807, 2.05) is 6.92 Å². The topological polar surface area (TPSA) is 58.1 Å². The first kappa shape index (κ1) is 14.8. The Morgan fingerprint density at radius 1 is 1.18 bits per heavy atom. The van der Waals surface area contributed by atoms with Gasteiger partial charge >= 0.3 is 0 Å². The molecule has 0 bridgehead atoms. The highest BCUT2D eigenvalue weighted by molar-refractivity contribution is 6.30. The number of amides is 1. The van der Waals surface area contributed by atoms with E-state index in [1.54, 1.807) is 30.3 Å². The first-order chi connectivity index (χ1) is 10.6. The zero-order valence-corrected chi connectivity index (χ0v) is 13.1. The molecule has 0 atom stereocenters. The van der Waals surface area contributed by atoms with Crippen LogP contribution in [0.1, 0.15) is 29.0 Å². The highest BCUT2D eigenvalue weighted by Gasteiger charge is 2.18. The van der Waals surface area contributed by atoms with Crippen LogP contribution >= 0.6 is 11.6 Å². The van der Waals surface area contributed by atoms with Crippen LogP contribution in [-0.2, 0) is 0 Å². The number of aromatic nitrogens is 2. The summed E-state index contributed by atoms with van der Waals surface area (Å²) in [6.07, 6.45) is 2.28. The second-order valence-corrected chi connectivity index (χ2v) is 5.79.